The average molecular weight is 293 g/mol. The summed E-state index contributed by atoms with van der Waals surface area (Å²) in [6.45, 7) is 4.49. The number of anilines is 1. The van der Waals surface area contributed by atoms with Crippen LogP contribution < -0.4 is 10.6 Å². The van der Waals surface area contributed by atoms with Gasteiger partial charge in [0.15, 0.2) is 0 Å². The van der Waals surface area contributed by atoms with Crippen molar-refractivity contribution in [3.63, 3.8) is 0 Å². The maximum absolute atomic E-state index is 7.75. The Hall–Kier alpha value is -1.26. The van der Waals surface area contributed by atoms with Gasteiger partial charge < -0.3 is 10.6 Å². The van der Waals surface area contributed by atoms with Crippen LogP contribution in [0.4, 0.5) is 5.69 Å². The molecule has 3 rings (SSSR count). The van der Waals surface area contributed by atoms with E-state index in [0.29, 0.717) is 16.6 Å². The Morgan fingerprint density at radius 1 is 1.25 bits per heavy atom. The molecule has 2 heterocycles. The number of benzene rings is 1. The molecule has 0 aromatic heterocycles. The molecule has 3 N–H and O–H groups in total. The number of rotatable bonds is 3. The molecule has 0 amide bonds. The van der Waals surface area contributed by atoms with Crippen molar-refractivity contribution < 1.29 is 0 Å². The van der Waals surface area contributed by atoms with Crippen molar-refractivity contribution in [2.45, 2.75) is 25.3 Å². The minimum absolute atomic E-state index is 0.0511. The number of nitrogens with two attached hydrogens (primary N) is 1. The number of likely N-dealkylation sites (tertiary alicyclic amines) is 1. The first-order valence-corrected chi connectivity index (χ1v) is 7.66. The fraction of sp³-hybridized carbons (Fsp3) is 0.533. The molecule has 20 heavy (non-hydrogen) atoms. The molecule has 4 nitrogen and oxygen atoms in total. The number of amidine groups is 1. The van der Waals surface area contributed by atoms with Crippen molar-refractivity contribution in [2.75, 3.05) is 31.1 Å². The van der Waals surface area contributed by atoms with E-state index in [9.17, 15) is 0 Å². The lowest BCUT2D eigenvalue weighted by atomic mass is 10.1. The molecular formula is C15H21ClN4. The Morgan fingerprint density at radius 2 is 2.00 bits per heavy atom. The summed E-state index contributed by atoms with van der Waals surface area (Å²) in [7, 11) is 0. The molecule has 0 radical (unpaired) electrons. The van der Waals surface area contributed by atoms with E-state index in [1.807, 2.05) is 12.1 Å². The van der Waals surface area contributed by atoms with Gasteiger partial charge >= 0.3 is 0 Å². The van der Waals surface area contributed by atoms with Gasteiger partial charge in [-0.3, -0.25) is 10.3 Å². The third-order valence-electron chi connectivity index (χ3n) is 4.42. The molecule has 2 aliphatic rings. The van der Waals surface area contributed by atoms with E-state index in [1.54, 1.807) is 6.07 Å². The van der Waals surface area contributed by atoms with E-state index in [4.69, 9.17) is 22.7 Å². The fourth-order valence-electron chi connectivity index (χ4n) is 3.41. The van der Waals surface area contributed by atoms with Crippen LogP contribution in [0, 0.1) is 5.41 Å². The second-order valence-corrected chi connectivity index (χ2v) is 6.09. The number of nitrogen functional groups attached to an aromatic ring is 1. The van der Waals surface area contributed by atoms with Crippen molar-refractivity contribution >= 4 is 23.1 Å². The van der Waals surface area contributed by atoms with Gasteiger partial charge in [-0.1, -0.05) is 17.7 Å². The quantitative estimate of drug-likeness (QED) is 0.664. The van der Waals surface area contributed by atoms with Gasteiger partial charge in [-0.15, -0.1) is 0 Å². The van der Waals surface area contributed by atoms with Crippen molar-refractivity contribution in [2.24, 2.45) is 5.73 Å². The molecule has 1 unspecified atom stereocenters. The highest BCUT2D eigenvalue weighted by atomic mass is 35.5. The summed E-state index contributed by atoms with van der Waals surface area (Å²) < 4.78 is 0. The highest BCUT2D eigenvalue weighted by molar-refractivity contribution is 6.34. The Bertz CT molecular complexity index is 511. The molecule has 0 aliphatic carbocycles. The maximum atomic E-state index is 7.75. The summed E-state index contributed by atoms with van der Waals surface area (Å²) in [5.74, 6) is 0.0511. The number of halogens is 1. The molecule has 5 heteroatoms. The van der Waals surface area contributed by atoms with Gasteiger partial charge in [-0.05, 0) is 44.5 Å². The predicted molar refractivity (Wildman–Crippen MR) is 83.9 cm³/mol. The number of nitrogens with one attached hydrogen (secondary N) is 1. The van der Waals surface area contributed by atoms with Gasteiger partial charge in [0, 0.05) is 24.8 Å². The molecule has 2 saturated heterocycles. The molecular weight excluding hydrogens is 272 g/mol. The SMILES string of the molecule is N=C(N)c1c(Cl)cccc1N1CCC(N2CCCC2)C1. The average Bonchev–Trinajstić information content (AvgIpc) is 3.09. The minimum atomic E-state index is 0.0511. The van der Waals surface area contributed by atoms with Crippen LogP contribution in [-0.4, -0.2) is 43.0 Å². The first-order chi connectivity index (χ1) is 9.66. The van der Waals surface area contributed by atoms with E-state index < -0.39 is 0 Å². The van der Waals surface area contributed by atoms with Crippen molar-refractivity contribution in [1.82, 2.24) is 4.90 Å². The number of nitrogens with zero attached hydrogens (tertiary/aromatic N) is 2. The minimum Gasteiger partial charge on any atom is -0.384 e. The Balaban J connectivity index is 1.80. The molecule has 0 saturated carbocycles. The maximum Gasteiger partial charge on any atom is 0.126 e. The van der Waals surface area contributed by atoms with Gasteiger partial charge in [0.05, 0.1) is 10.6 Å². The van der Waals surface area contributed by atoms with Gasteiger partial charge in [-0.25, -0.2) is 0 Å². The van der Waals surface area contributed by atoms with Crippen LogP contribution >= 0.6 is 11.6 Å². The summed E-state index contributed by atoms with van der Waals surface area (Å²) in [5, 5.41) is 8.32. The lowest BCUT2D eigenvalue weighted by Crippen LogP contribution is -2.35. The molecule has 1 atom stereocenters. The van der Waals surface area contributed by atoms with E-state index in [-0.39, 0.29) is 5.84 Å². The number of hydrogen-bond acceptors (Lipinski definition) is 3. The summed E-state index contributed by atoms with van der Waals surface area (Å²) in [6, 6.07) is 6.40. The normalized spacial score (nSPS) is 23.4. The zero-order valence-electron chi connectivity index (χ0n) is 11.6. The van der Waals surface area contributed by atoms with E-state index in [1.165, 1.54) is 32.4 Å². The van der Waals surface area contributed by atoms with Gasteiger partial charge in [0.1, 0.15) is 5.84 Å². The van der Waals surface area contributed by atoms with Crippen LogP contribution in [0.15, 0.2) is 18.2 Å². The van der Waals surface area contributed by atoms with Crippen molar-refractivity contribution in [3.8, 4) is 0 Å². The fourth-order valence-corrected chi connectivity index (χ4v) is 3.68. The second-order valence-electron chi connectivity index (χ2n) is 5.68. The topological polar surface area (TPSA) is 56.4 Å². The Morgan fingerprint density at radius 3 is 2.70 bits per heavy atom. The first-order valence-electron chi connectivity index (χ1n) is 7.28. The van der Waals surface area contributed by atoms with E-state index >= 15 is 0 Å². The summed E-state index contributed by atoms with van der Waals surface area (Å²) in [5.41, 5.74) is 7.38. The zero-order chi connectivity index (χ0) is 14.1. The molecule has 108 valence electrons. The lowest BCUT2D eigenvalue weighted by Gasteiger charge is -2.25. The lowest BCUT2D eigenvalue weighted by molar-refractivity contribution is 0.260. The molecule has 1 aromatic carbocycles. The summed E-state index contributed by atoms with van der Waals surface area (Å²) in [6.07, 6.45) is 3.84. The van der Waals surface area contributed by atoms with Crippen LogP contribution in [0.25, 0.3) is 0 Å². The van der Waals surface area contributed by atoms with Crippen molar-refractivity contribution in [1.29, 1.82) is 5.41 Å². The molecule has 1 aromatic rings. The summed E-state index contributed by atoms with van der Waals surface area (Å²) in [4.78, 5) is 4.92. The zero-order valence-corrected chi connectivity index (χ0v) is 12.4. The van der Waals surface area contributed by atoms with E-state index in [2.05, 4.69) is 9.80 Å². The van der Waals surface area contributed by atoms with Crippen LogP contribution in [0.3, 0.4) is 0 Å². The molecule has 2 aliphatic heterocycles. The van der Waals surface area contributed by atoms with Crippen LogP contribution in [0.5, 0.6) is 0 Å². The third-order valence-corrected chi connectivity index (χ3v) is 4.74. The molecule has 0 spiro atoms. The Kier molecular flexibility index (Phi) is 3.85. The van der Waals surface area contributed by atoms with Gasteiger partial charge in [0.25, 0.3) is 0 Å². The van der Waals surface area contributed by atoms with Gasteiger partial charge in [-0.2, -0.15) is 0 Å². The summed E-state index contributed by atoms with van der Waals surface area (Å²) >= 11 is 6.21. The Labute approximate surface area is 125 Å². The predicted octanol–water partition coefficient (Wildman–Crippen LogP) is 2.30. The highest BCUT2D eigenvalue weighted by Gasteiger charge is 2.30. The highest BCUT2D eigenvalue weighted by Crippen LogP contribution is 2.31. The first kappa shape index (κ1) is 13.7. The smallest absolute Gasteiger partial charge is 0.126 e. The van der Waals surface area contributed by atoms with Crippen LogP contribution in [0.1, 0.15) is 24.8 Å². The molecule has 2 fully saturated rings. The number of hydrogen-bond donors (Lipinski definition) is 2. The monoisotopic (exact) mass is 292 g/mol. The largest absolute Gasteiger partial charge is 0.384 e. The second kappa shape index (κ2) is 5.62. The van der Waals surface area contributed by atoms with Crippen LogP contribution in [-0.2, 0) is 0 Å². The molecule has 0 bridgehead atoms. The third kappa shape index (κ3) is 2.50. The van der Waals surface area contributed by atoms with Crippen LogP contribution in [0.2, 0.25) is 5.02 Å². The van der Waals surface area contributed by atoms with Gasteiger partial charge in [0.2, 0.25) is 0 Å². The van der Waals surface area contributed by atoms with Crippen molar-refractivity contribution in [3.05, 3.63) is 28.8 Å². The standard InChI is InChI=1S/C15H21ClN4/c16-12-4-3-5-13(14(12)15(17)18)20-9-6-11(10-20)19-7-1-2-8-19/h3-5,11H,1-2,6-10H2,(H3,17,18). The van der Waals surface area contributed by atoms with E-state index in [0.717, 1.165) is 18.8 Å².